The SMILES string of the molecule is CCOC(=O)C(C)N1CCN=C(c2cc(OCc3ccccc3F)ccc2N)C1=O. The number of nitrogens with two attached hydrogens (primary N) is 1. The highest BCUT2D eigenvalue weighted by Gasteiger charge is 2.33. The van der Waals surface area contributed by atoms with Crippen molar-refractivity contribution >= 4 is 23.3 Å². The first-order valence-electron chi connectivity index (χ1n) is 9.70. The van der Waals surface area contributed by atoms with Crippen molar-refractivity contribution in [3.05, 3.63) is 59.4 Å². The molecule has 158 valence electrons. The summed E-state index contributed by atoms with van der Waals surface area (Å²) in [6.45, 7) is 4.25. The summed E-state index contributed by atoms with van der Waals surface area (Å²) in [7, 11) is 0. The van der Waals surface area contributed by atoms with Crippen LogP contribution >= 0.6 is 0 Å². The molecular formula is C22H24FN3O4. The van der Waals surface area contributed by atoms with Crippen LogP contribution in [0, 0.1) is 5.82 Å². The highest BCUT2D eigenvalue weighted by Crippen LogP contribution is 2.24. The molecule has 3 rings (SSSR count). The molecule has 0 bridgehead atoms. The smallest absolute Gasteiger partial charge is 0.328 e. The monoisotopic (exact) mass is 413 g/mol. The zero-order valence-corrected chi connectivity index (χ0v) is 16.9. The van der Waals surface area contributed by atoms with Gasteiger partial charge in [-0.15, -0.1) is 0 Å². The first-order valence-corrected chi connectivity index (χ1v) is 9.70. The topological polar surface area (TPSA) is 94.2 Å². The molecule has 0 fully saturated rings. The molecule has 0 radical (unpaired) electrons. The van der Waals surface area contributed by atoms with Gasteiger partial charge in [0.2, 0.25) is 0 Å². The highest BCUT2D eigenvalue weighted by atomic mass is 19.1. The molecule has 0 saturated heterocycles. The largest absolute Gasteiger partial charge is 0.489 e. The van der Waals surface area contributed by atoms with Crippen molar-refractivity contribution in [2.24, 2.45) is 4.99 Å². The molecule has 2 aromatic carbocycles. The second-order valence-corrected chi connectivity index (χ2v) is 6.79. The fourth-order valence-corrected chi connectivity index (χ4v) is 3.14. The van der Waals surface area contributed by atoms with Crippen LogP contribution in [0.2, 0.25) is 0 Å². The van der Waals surface area contributed by atoms with Crippen LogP contribution in [-0.4, -0.2) is 48.2 Å². The number of aliphatic imine (C=N–C) groups is 1. The third kappa shape index (κ3) is 4.59. The Kier molecular flexibility index (Phi) is 6.66. The van der Waals surface area contributed by atoms with E-state index < -0.39 is 17.9 Å². The van der Waals surface area contributed by atoms with E-state index >= 15 is 0 Å². The Balaban J connectivity index is 1.80. The Labute approximate surface area is 174 Å². The van der Waals surface area contributed by atoms with Crippen LogP contribution in [0.25, 0.3) is 0 Å². The van der Waals surface area contributed by atoms with Crippen molar-refractivity contribution in [2.75, 3.05) is 25.4 Å². The fourth-order valence-electron chi connectivity index (χ4n) is 3.14. The average Bonchev–Trinajstić information content (AvgIpc) is 2.74. The Morgan fingerprint density at radius 2 is 2.07 bits per heavy atom. The van der Waals surface area contributed by atoms with Gasteiger partial charge in [-0.3, -0.25) is 9.79 Å². The minimum Gasteiger partial charge on any atom is -0.489 e. The summed E-state index contributed by atoms with van der Waals surface area (Å²) in [5.41, 5.74) is 7.42. The summed E-state index contributed by atoms with van der Waals surface area (Å²) < 4.78 is 24.5. The van der Waals surface area contributed by atoms with Gasteiger partial charge in [0.1, 0.15) is 29.9 Å². The van der Waals surface area contributed by atoms with Crippen LogP contribution in [0.4, 0.5) is 10.1 Å². The lowest BCUT2D eigenvalue weighted by Crippen LogP contribution is -2.50. The first kappa shape index (κ1) is 21.3. The van der Waals surface area contributed by atoms with Crippen molar-refractivity contribution in [1.82, 2.24) is 4.90 Å². The van der Waals surface area contributed by atoms with Crippen LogP contribution in [-0.2, 0) is 20.9 Å². The molecule has 7 nitrogen and oxygen atoms in total. The van der Waals surface area contributed by atoms with Gasteiger partial charge in [-0.1, -0.05) is 18.2 Å². The maximum Gasteiger partial charge on any atom is 0.328 e. The van der Waals surface area contributed by atoms with Gasteiger partial charge in [0, 0.05) is 23.4 Å². The average molecular weight is 413 g/mol. The maximum absolute atomic E-state index is 13.8. The molecule has 30 heavy (non-hydrogen) atoms. The number of anilines is 1. The normalized spacial score (nSPS) is 14.8. The Hall–Kier alpha value is -3.42. The second-order valence-electron chi connectivity index (χ2n) is 6.79. The second kappa shape index (κ2) is 9.39. The molecule has 1 unspecified atom stereocenters. The summed E-state index contributed by atoms with van der Waals surface area (Å²) in [6, 6.07) is 10.5. The Morgan fingerprint density at radius 1 is 1.30 bits per heavy atom. The van der Waals surface area contributed by atoms with Gasteiger partial charge in [-0.05, 0) is 38.1 Å². The third-order valence-electron chi connectivity index (χ3n) is 4.80. The van der Waals surface area contributed by atoms with E-state index in [4.69, 9.17) is 15.2 Å². The maximum atomic E-state index is 13.8. The van der Waals surface area contributed by atoms with E-state index in [1.807, 2.05) is 0 Å². The lowest BCUT2D eigenvalue weighted by atomic mass is 10.0. The van der Waals surface area contributed by atoms with Crippen molar-refractivity contribution in [2.45, 2.75) is 26.5 Å². The number of esters is 1. The minimum atomic E-state index is -0.732. The predicted molar refractivity (Wildman–Crippen MR) is 111 cm³/mol. The highest BCUT2D eigenvalue weighted by molar-refractivity contribution is 6.47. The van der Waals surface area contributed by atoms with E-state index in [1.54, 1.807) is 50.2 Å². The number of hydrogen-bond acceptors (Lipinski definition) is 6. The number of halogens is 1. The number of nitrogens with zero attached hydrogens (tertiary/aromatic N) is 2. The van der Waals surface area contributed by atoms with Crippen molar-refractivity contribution in [3.63, 3.8) is 0 Å². The van der Waals surface area contributed by atoms with Crippen LogP contribution in [0.5, 0.6) is 5.75 Å². The quantitative estimate of drug-likeness (QED) is 0.556. The number of benzene rings is 2. The van der Waals surface area contributed by atoms with Crippen molar-refractivity contribution < 1.29 is 23.5 Å². The van der Waals surface area contributed by atoms with E-state index in [0.29, 0.717) is 35.7 Å². The van der Waals surface area contributed by atoms with Gasteiger partial charge in [-0.2, -0.15) is 0 Å². The molecule has 1 aliphatic rings. The first-order chi connectivity index (χ1) is 14.4. The molecular weight excluding hydrogens is 389 g/mol. The molecule has 1 aliphatic heterocycles. The van der Waals surface area contributed by atoms with Crippen molar-refractivity contribution in [1.29, 1.82) is 0 Å². The minimum absolute atomic E-state index is 0.0302. The van der Waals surface area contributed by atoms with E-state index in [2.05, 4.69) is 4.99 Å². The van der Waals surface area contributed by atoms with E-state index in [0.717, 1.165) is 0 Å². The molecule has 8 heteroatoms. The number of rotatable bonds is 7. The molecule has 1 heterocycles. The van der Waals surface area contributed by atoms with E-state index in [9.17, 15) is 14.0 Å². The van der Waals surface area contributed by atoms with Gasteiger partial charge in [0.25, 0.3) is 5.91 Å². The standard InChI is InChI=1S/C22H24FN3O4/c1-3-29-22(28)14(2)26-11-10-25-20(21(26)27)17-12-16(8-9-19(17)24)30-13-15-6-4-5-7-18(15)23/h4-9,12,14H,3,10-11,13,24H2,1-2H3. The van der Waals surface area contributed by atoms with Crippen LogP contribution < -0.4 is 10.5 Å². The molecule has 2 aromatic rings. The lowest BCUT2D eigenvalue weighted by Gasteiger charge is -2.31. The van der Waals surface area contributed by atoms with Crippen LogP contribution in [0.15, 0.2) is 47.5 Å². The molecule has 1 amide bonds. The fraction of sp³-hybridized carbons (Fsp3) is 0.318. The summed E-state index contributed by atoms with van der Waals surface area (Å²) >= 11 is 0. The van der Waals surface area contributed by atoms with Gasteiger partial charge in [0.05, 0.1) is 13.2 Å². The zero-order valence-electron chi connectivity index (χ0n) is 16.9. The number of hydrogen-bond donors (Lipinski definition) is 1. The van der Waals surface area contributed by atoms with Gasteiger partial charge in [0.15, 0.2) is 0 Å². The summed E-state index contributed by atoms with van der Waals surface area (Å²) in [4.78, 5) is 30.8. The molecule has 0 saturated carbocycles. The number of nitrogen functional groups attached to an aromatic ring is 1. The summed E-state index contributed by atoms with van der Waals surface area (Å²) in [6.07, 6.45) is 0. The molecule has 0 spiro atoms. The number of carbonyl (C=O) groups is 2. The Bertz CT molecular complexity index is 977. The van der Waals surface area contributed by atoms with Gasteiger partial charge >= 0.3 is 5.97 Å². The summed E-state index contributed by atoms with van der Waals surface area (Å²) in [5.74, 6) is -0.807. The molecule has 1 atom stereocenters. The number of amides is 1. The molecule has 0 aliphatic carbocycles. The lowest BCUT2D eigenvalue weighted by molar-refractivity contribution is -0.152. The van der Waals surface area contributed by atoms with Crippen LogP contribution in [0.3, 0.4) is 0 Å². The van der Waals surface area contributed by atoms with Crippen LogP contribution in [0.1, 0.15) is 25.0 Å². The Morgan fingerprint density at radius 3 is 2.80 bits per heavy atom. The third-order valence-corrected chi connectivity index (χ3v) is 4.80. The number of carbonyl (C=O) groups excluding carboxylic acids is 2. The van der Waals surface area contributed by atoms with Crippen molar-refractivity contribution in [3.8, 4) is 5.75 Å². The van der Waals surface area contributed by atoms with Gasteiger partial charge < -0.3 is 20.1 Å². The zero-order chi connectivity index (χ0) is 21.7. The van der Waals surface area contributed by atoms with Gasteiger partial charge in [-0.25, -0.2) is 9.18 Å². The predicted octanol–water partition coefficient (Wildman–Crippen LogP) is 2.57. The number of ether oxygens (including phenoxy) is 2. The van der Waals surface area contributed by atoms with E-state index in [-0.39, 0.29) is 24.7 Å². The molecule has 0 aromatic heterocycles. The van der Waals surface area contributed by atoms with E-state index in [1.165, 1.54) is 11.0 Å². The molecule has 2 N–H and O–H groups in total. The summed E-state index contributed by atoms with van der Waals surface area (Å²) in [5, 5.41) is 0.